The number of nitrogens with one attached hydrogen (secondary N) is 1. The molecule has 1 unspecified atom stereocenters. The van der Waals surface area contributed by atoms with Crippen LogP contribution in [0.25, 0.3) is 11.0 Å². The van der Waals surface area contributed by atoms with Crippen LogP contribution in [-0.4, -0.2) is 47.7 Å². The third kappa shape index (κ3) is 2.94. The Hall–Kier alpha value is -1.59. The molecule has 0 bridgehead atoms. The number of fused-ring (bicyclic) bond motifs is 1. The minimum atomic E-state index is 0.388. The molecular weight excluding hydrogens is 252 g/mol. The van der Waals surface area contributed by atoms with Crippen molar-refractivity contribution in [1.29, 1.82) is 0 Å². The summed E-state index contributed by atoms with van der Waals surface area (Å²) in [5, 5.41) is 0. The molecule has 0 amide bonds. The van der Waals surface area contributed by atoms with Crippen LogP contribution in [0.3, 0.4) is 0 Å². The first-order valence-electron chi connectivity index (χ1n) is 7.24. The number of aromatic amines is 1. The molecule has 0 aliphatic carbocycles. The van der Waals surface area contributed by atoms with Gasteiger partial charge in [0, 0.05) is 32.3 Å². The average Bonchev–Trinajstić information content (AvgIpc) is 2.87. The van der Waals surface area contributed by atoms with Gasteiger partial charge in [0.1, 0.15) is 5.82 Å². The number of nitrogens with two attached hydrogens (primary N) is 1. The van der Waals surface area contributed by atoms with Crippen molar-refractivity contribution < 1.29 is 4.74 Å². The predicted octanol–water partition coefficient (Wildman–Crippen LogP) is 1.80. The Kier molecular flexibility index (Phi) is 3.89. The number of methoxy groups -OCH3 is 1. The summed E-state index contributed by atoms with van der Waals surface area (Å²) in [5.74, 6) is 1.03. The Morgan fingerprint density at radius 3 is 3.25 bits per heavy atom. The number of rotatable bonds is 4. The van der Waals surface area contributed by atoms with E-state index in [9.17, 15) is 0 Å². The zero-order valence-corrected chi connectivity index (χ0v) is 11.9. The monoisotopic (exact) mass is 274 g/mol. The maximum Gasteiger partial charge on any atom is 0.108 e. The average molecular weight is 274 g/mol. The van der Waals surface area contributed by atoms with E-state index in [-0.39, 0.29) is 0 Å². The zero-order chi connectivity index (χ0) is 13.9. The lowest BCUT2D eigenvalue weighted by molar-refractivity contribution is 0.0317. The van der Waals surface area contributed by atoms with Crippen LogP contribution in [0.5, 0.6) is 0 Å². The van der Waals surface area contributed by atoms with Crippen LogP contribution in [0.2, 0.25) is 0 Å². The number of anilines is 1. The summed E-state index contributed by atoms with van der Waals surface area (Å²) < 4.78 is 5.46. The van der Waals surface area contributed by atoms with Crippen molar-refractivity contribution in [2.45, 2.75) is 25.4 Å². The number of piperidine rings is 1. The van der Waals surface area contributed by atoms with E-state index in [0.717, 1.165) is 48.6 Å². The van der Waals surface area contributed by atoms with Crippen molar-refractivity contribution in [3.05, 3.63) is 24.0 Å². The van der Waals surface area contributed by atoms with Gasteiger partial charge in [-0.3, -0.25) is 0 Å². The molecule has 1 aromatic carbocycles. The van der Waals surface area contributed by atoms with Crippen molar-refractivity contribution in [1.82, 2.24) is 14.9 Å². The highest BCUT2D eigenvalue weighted by Crippen LogP contribution is 2.16. The van der Waals surface area contributed by atoms with Gasteiger partial charge in [0.25, 0.3) is 0 Å². The fraction of sp³-hybridized carbons (Fsp3) is 0.533. The molecule has 0 spiro atoms. The molecule has 1 aliphatic heterocycles. The van der Waals surface area contributed by atoms with E-state index >= 15 is 0 Å². The number of aromatic nitrogens is 2. The van der Waals surface area contributed by atoms with E-state index < -0.39 is 0 Å². The minimum absolute atomic E-state index is 0.388. The van der Waals surface area contributed by atoms with Crippen molar-refractivity contribution in [2.24, 2.45) is 0 Å². The molecule has 3 rings (SSSR count). The second-order valence-electron chi connectivity index (χ2n) is 5.51. The molecule has 2 aromatic rings. The van der Waals surface area contributed by atoms with Gasteiger partial charge in [-0.25, -0.2) is 4.98 Å². The second kappa shape index (κ2) is 5.81. The van der Waals surface area contributed by atoms with Crippen LogP contribution in [0.4, 0.5) is 5.69 Å². The van der Waals surface area contributed by atoms with E-state index in [4.69, 9.17) is 10.5 Å². The molecule has 1 aliphatic rings. The van der Waals surface area contributed by atoms with Crippen molar-refractivity contribution in [3.8, 4) is 0 Å². The number of nitrogens with zero attached hydrogens (tertiary/aromatic N) is 2. The lowest BCUT2D eigenvalue weighted by atomic mass is 10.1. The SMILES string of the molecule is COC1CCCN(CCc2nc3ccc(N)cc3[nH]2)C1. The van der Waals surface area contributed by atoms with Gasteiger partial charge in [0.2, 0.25) is 0 Å². The topological polar surface area (TPSA) is 67.2 Å². The van der Waals surface area contributed by atoms with E-state index in [2.05, 4.69) is 14.9 Å². The first-order valence-corrected chi connectivity index (χ1v) is 7.24. The first kappa shape index (κ1) is 13.4. The fourth-order valence-corrected chi connectivity index (χ4v) is 2.87. The molecule has 0 radical (unpaired) electrons. The maximum absolute atomic E-state index is 5.78. The van der Waals surface area contributed by atoms with E-state index in [1.165, 1.54) is 12.8 Å². The van der Waals surface area contributed by atoms with Gasteiger partial charge >= 0.3 is 0 Å². The van der Waals surface area contributed by atoms with Crippen LogP contribution >= 0.6 is 0 Å². The third-order valence-corrected chi connectivity index (χ3v) is 4.02. The molecule has 1 aromatic heterocycles. The number of likely N-dealkylation sites (tertiary alicyclic amines) is 1. The highest BCUT2D eigenvalue weighted by atomic mass is 16.5. The number of hydrogen-bond donors (Lipinski definition) is 2. The first-order chi connectivity index (χ1) is 9.74. The molecule has 0 saturated carbocycles. The van der Waals surface area contributed by atoms with Gasteiger partial charge in [0.05, 0.1) is 17.1 Å². The van der Waals surface area contributed by atoms with E-state index in [0.29, 0.717) is 6.10 Å². The van der Waals surface area contributed by atoms with Crippen LogP contribution in [0, 0.1) is 0 Å². The number of nitrogen functional groups attached to an aromatic ring is 1. The molecule has 2 heterocycles. The number of hydrogen-bond acceptors (Lipinski definition) is 4. The third-order valence-electron chi connectivity index (χ3n) is 4.02. The Morgan fingerprint density at radius 2 is 2.40 bits per heavy atom. The summed E-state index contributed by atoms with van der Waals surface area (Å²) in [6.07, 6.45) is 3.72. The predicted molar refractivity (Wildman–Crippen MR) is 80.7 cm³/mol. The van der Waals surface area contributed by atoms with Crippen molar-refractivity contribution in [2.75, 3.05) is 32.5 Å². The van der Waals surface area contributed by atoms with Crippen molar-refractivity contribution in [3.63, 3.8) is 0 Å². The molecule has 3 N–H and O–H groups in total. The largest absolute Gasteiger partial charge is 0.399 e. The summed E-state index contributed by atoms with van der Waals surface area (Å²) in [6.45, 7) is 3.21. The standard InChI is InChI=1S/C15H22N4O/c1-20-12-3-2-7-19(10-12)8-6-15-17-13-5-4-11(16)9-14(13)18-15/h4-5,9,12H,2-3,6-8,10,16H2,1H3,(H,17,18). The molecule has 20 heavy (non-hydrogen) atoms. The highest BCUT2D eigenvalue weighted by molar-refractivity contribution is 5.78. The number of ether oxygens (including phenoxy) is 1. The van der Waals surface area contributed by atoms with E-state index in [1.54, 1.807) is 7.11 Å². The fourth-order valence-electron chi connectivity index (χ4n) is 2.87. The Bertz CT molecular complexity index is 580. The van der Waals surface area contributed by atoms with Gasteiger partial charge in [-0.05, 0) is 37.6 Å². The van der Waals surface area contributed by atoms with Crippen LogP contribution in [0.1, 0.15) is 18.7 Å². The summed E-state index contributed by atoms with van der Waals surface area (Å²) >= 11 is 0. The van der Waals surface area contributed by atoms with Crippen molar-refractivity contribution >= 4 is 16.7 Å². The van der Waals surface area contributed by atoms with Crippen LogP contribution in [0.15, 0.2) is 18.2 Å². The summed E-state index contributed by atoms with van der Waals surface area (Å²) in [7, 11) is 1.80. The summed E-state index contributed by atoms with van der Waals surface area (Å²) in [6, 6.07) is 5.79. The molecule has 5 heteroatoms. The molecular formula is C15H22N4O. The normalized spacial score (nSPS) is 20.6. The van der Waals surface area contributed by atoms with E-state index in [1.807, 2.05) is 18.2 Å². The van der Waals surface area contributed by atoms with Gasteiger partial charge < -0.3 is 20.4 Å². The Balaban J connectivity index is 1.62. The second-order valence-corrected chi connectivity index (χ2v) is 5.51. The molecule has 1 saturated heterocycles. The smallest absolute Gasteiger partial charge is 0.108 e. The zero-order valence-electron chi connectivity index (χ0n) is 11.9. The summed E-state index contributed by atoms with van der Waals surface area (Å²) in [5.41, 5.74) is 8.56. The molecule has 5 nitrogen and oxygen atoms in total. The van der Waals surface area contributed by atoms with Gasteiger partial charge in [-0.15, -0.1) is 0 Å². The van der Waals surface area contributed by atoms with Gasteiger partial charge in [-0.1, -0.05) is 0 Å². The van der Waals surface area contributed by atoms with Gasteiger partial charge in [0.15, 0.2) is 0 Å². The lowest BCUT2D eigenvalue weighted by Crippen LogP contribution is -2.40. The molecule has 1 atom stereocenters. The maximum atomic E-state index is 5.78. The lowest BCUT2D eigenvalue weighted by Gasteiger charge is -2.31. The minimum Gasteiger partial charge on any atom is -0.399 e. The number of imidazole rings is 1. The summed E-state index contributed by atoms with van der Waals surface area (Å²) in [4.78, 5) is 10.4. The Labute approximate surface area is 119 Å². The molecule has 1 fully saturated rings. The quantitative estimate of drug-likeness (QED) is 0.834. The number of benzene rings is 1. The van der Waals surface area contributed by atoms with Crippen LogP contribution < -0.4 is 5.73 Å². The highest BCUT2D eigenvalue weighted by Gasteiger charge is 2.19. The Morgan fingerprint density at radius 1 is 1.50 bits per heavy atom. The molecule has 108 valence electrons. The van der Waals surface area contributed by atoms with Gasteiger partial charge in [-0.2, -0.15) is 0 Å². The van der Waals surface area contributed by atoms with Crippen LogP contribution in [-0.2, 0) is 11.2 Å². The number of H-pyrrole nitrogens is 1.